The molecule has 1 saturated carbocycles. The Morgan fingerprint density at radius 1 is 1.19 bits per heavy atom. The van der Waals surface area contributed by atoms with Gasteiger partial charge >= 0.3 is 0 Å². The summed E-state index contributed by atoms with van der Waals surface area (Å²) in [6, 6.07) is -0.231. The fourth-order valence-electron chi connectivity index (χ4n) is 4.09. The third kappa shape index (κ3) is 3.74. The summed E-state index contributed by atoms with van der Waals surface area (Å²) in [6.07, 6.45) is 6.89. The Kier molecular flexibility index (Phi) is 5.11. The molecule has 0 aromatic rings. The maximum atomic E-state index is 12.2. The molecule has 3 rings (SSSR count). The van der Waals surface area contributed by atoms with Gasteiger partial charge in [0.15, 0.2) is 0 Å². The normalized spacial score (nSPS) is 35.2. The van der Waals surface area contributed by atoms with Gasteiger partial charge in [0, 0.05) is 32.7 Å². The molecule has 21 heavy (non-hydrogen) atoms. The van der Waals surface area contributed by atoms with E-state index in [1.807, 2.05) is 0 Å². The third-order valence-corrected chi connectivity index (χ3v) is 5.44. The van der Waals surface area contributed by atoms with Gasteiger partial charge in [-0.25, -0.2) is 5.01 Å². The van der Waals surface area contributed by atoms with E-state index >= 15 is 0 Å². The quantitative estimate of drug-likeness (QED) is 0.625. The molecule has 0 aromatic heterocycles. The number of fused-ring (bicyclic) bond motifs is 1. The lowest BCUT2D eigenvalue weighted by molar-refractivity contribution is -0.128. The van der Waals surface area contributed by atoms with Crippen molar-refractivity contribution in [2.24, 2.45) is 17.7 Å². The molecule has 3 atom stereocenters. The fraction of sp³-hybridized carbons (Fsp3) is 0.933. The Morgan fingerprint density at radius 3 is 2.81 bits per heavy atom. The lowest BCUT2D eigenvalue weighted by Gasteiger charge is -2.41. The van der Waals surface area contributed by atoms with Crippen molar-refractivity contribution in [3.63, 3.8) is 0 Å². The van der Waals surface area contributed by atoms with Crippen molar-refractivity contribution in [1.82, 2.24) is 20.5 Å². The highest BCUT2D eigenvalue weighted by Crippen LogP contribution is 2.35. The molecule has 3 fully saturated rings. The first-order valence-corrected chi connectivity index (χ1v) is 8.46. The van der Waals surface area contributed by atoms with Crippen molar-refractivity contribution in [2.45, 2.75) is 38.1 Å². The van der Waals surface area contributed by atoms with E-state index < -0.39 is 0 Å². The van der Waals surface area contributed by atoms with Gasteiger partial charge in [-0.05, 0) is 24.7 Å². The van der Waals surface area contributed by atoms with Gasteiger partial charge in [0.1, 0.15) is 6.04 Å². The van der Waals surface area contributed by atoms with Crippen LogP contribution in [0.5, 0.6) is 0 Å². The Hall–Kier alpha value is -0.690. The summed E-state index contributed by atoms with van der Waals surface area (Å²) in [4.78, 5) is 14.6. The SMILES string of the molecule is NN1CCNCC1C(=O)NCN1CCC2CCCCC2C1. The molecule has 2 aliphatic heterocycles. The van der Waals surface area contributed by atoms with E-state index in [0.717, 1.165) is 38.0 Å². The predicted molar refractivity (Wildman–Crippen MR) is 82.2 cm³/mol. The average molecular weight is 295 g/mol. The van der Waals surface area contributed by atoms with Gasteiger partial charge < -0.3 is 10.6 Å². The maximum Gasteiger partial charge on any atom is 0.241 e. The number of nitrogens with zero attached hydrogens (tertiary/aromatic N) is 2. The van der Waals surface area contributed by atoms with Crippen LogP contribution in [0.2, 0.25) is 0 Å². The molecule has 1 aliphatic carbocycles. The molecule has 6 heteroatoms. The molecular formula is C15H29N5O. The second-order valence-electron chi connectivity index (χ2n) is 6.83. The molecule has 6 nitrogen and oxygen atoms in total. The van der Waals surface area contributed by atoms with Crippen molar-refractivity contribution in [3.8, 4) is 0 Å². The first-order valence-electron chi connectivity index (χ1n) is 8.46. The van der Waals surface area contributed by atoms with Crippen molar-refractivity contribution >= 4 is 5.91 Å². The van der Waals surface area contributed by atoms with Crippen LogP contribution >= 0.6 is 0 Å². The predicted octanol–water partition coefficient (Wildman–Crippen LogP) is -0.280. The molecule has 2 saturated heterocycles. The minimum atomic E-state index is -0.231. The summed E-state index contributed by atoms with van der Waals surface area (Å²) in [5.74, 6) is 7.74. The van der Waals surface area contributed by atoms with Gasteiger partial charge in [-0.1, -0.05) is 19.3 Å². The zero-order valence-corrected chi connectivity index (χ0v) is 12.9. The monoisotopic (exact) mass is 295 g/mol. The number of nitrogens with two attached hydrogens (primary N) is 1. The second-order valence-corrected chi connectivity index (χ2v) is 6.83. The second kappa shape index (κ2) is 7.05. The first-order chi connectivity index (χ1) is 10.2. The smallest absolute Gasteiger partial charge is 0.241 e. The summed E-state index contributed by atoms with van der Waals surface area (Å²) >= 11 is 0. The number of carbonyl (C=O) groups is 1. The summed E-state index contributed by atoms with van der Waals surface area (Å²) in [5.41, 5.74) is 0. The van der Waals surface area contributed by atoms with Crippen LogP contribution in [0.3, 0.4) is 0 Å². The van der Waals surface area contributed by atoms with Crippen LogP contribution in [-0.4, -0.2) is 61.3 Å². The van der Waals surface area contributed by atoms with Gasteiger partial charge in [0.05, 0.1) is 6.67 Å². The number of hydrogen-bond acceptors (Lipinski definition) is 5. The van der Waals surface area contributed by atoms with E-state index in [1.165, 1.54) is 32.1 Å². The number of rotatable bonds is 3. The minimum absolute atomic E-state index is 0.0514. The van der Waals surface area contributed by atoms with Crippen LogP contribution in [-0.2, 0) is 4.79 Å². The van der Waals surface area contributed by atoms with E-state index in [0.29, 0.717) is 13.2 Å². The molecule has 1 amide bonds. The molecule has 3 aliphatic rings. The lowest BCUT2D eigenvalue weighted by atomic mass is 9.75. The number of hydrazine groups is 1. The number of piperidine rings is 1. The average Bonchev–Trinajstić information content (AvgIpc) is 2.53. The van der Waals surface area contributed by atoms with E-state index in [2.05, 4.69) is 15.5 Å². The highest BCUT2D eigenvalue weighted by atomic mass is 16.2. The summed E-state index contributed by atoms with van der Waals surface area (Å²) in [7, 11) is 0. The zero-order chi connectivity index (χ0) is 14.7. The molecule has 0 radical (unpaired) electrons. The number of carbonyl (C=O) groups excluding carboxylic acids is 1. The van der Waals surface area contributed by atoms with Crippen LogP contribution < -0.4 is 16.5 Å². The number of piperazine rings is 1. The van der Waals surface area contributed by atoms with Crippen LogP contribution in [0.4, 0.5) is 0 Å². The highest BCUT2D eigenvalue weighted by molar-refractivity contribution is 5.82. The molecule has 0 bridgehead atoms. The topological polar surface area (TPSA) is 73.6 Å². The lowest BCUT2D eigenvalue weighted by Crippen LogP contribution is -2.61. The Morgan fingerprint density at radius 2 is 2.00 bits per heavy atom. The van der Waals surface area contributed by atoms with Gasteiger partial charge in [-0.3, -0.25) is 15.5 Å². The Balaban J connectivity index is 1.43. The van der Waals surface area contributed by atoms with E-state index in [-0.39, 0.29) is 11.9 Å². The standard InChI is InChI=1S/C15H29N5O/c16-20-8-6-17-9-14(20)15(21)18-11-19-7-5-12-3-1-2-4-13(12)10-19/h12-14,17H,1-11,16H2,(H,18,21). The largest absolute Gasteiger partial charge is 0.342 e. The van der Waals surface area contributed by atoms with Gasteiger partial charge in [0.2, 0.25) is 5.91 Å². The fourth-order valence-corrected chi connectivity index (χ4v) is 4.09. The van der Waals surface area contributed by atoms with Crippen molar-refractivity contribution < 1.29 is 4.79 Å². The zero-order valence-electron chi connectivity index (χ0n) is 12.9. The highest BCUT2D eigenvalue weighted by Gasteiger charge is 2.32. The van der Waals surface area contributed by atoms with Crippen molar-refractivity contribution in [2.75, 3.05) is 39.4 Å². The summed E-state index contributed by atoms with van der Waals surface area (Å²) in [6.45, 7) is 5.18. The minimum Gasteiger partial charge on any atom is -0.342 e. The van der Waals surface area contributed by atoms with Crippen LogP contribution in [0.15, 0.2) is 0 Å². The Labute approximate surface area is 127 Å². The van der Waals surface area contributed by atoms with Gasteiger partial charge in [-0.15, -0.1) is 0 Å². The number of amides is 1. The molecule has 0 aromatic carbocycles. The van der Waals surface area contributed by atoms with Gasteiger partial charge in [0.25, 0.3) is 0 Å². The molecule has 2 heterocycles. The molecular weight excluding hydrogens is 266 g/mol. The van der Waals surface area contributed by atoms with Crippen molar-refractivity contribution in [3.05, 3.63) is 0 Å². The number of nitrogens with one attached hydrogen (secondary N) is 2. The number of likely N-dealkylation sites (tertiary alicyclic amines) is 1. The molecule has 0 spiro atoms. The first kappa shape index (κ1) is 15.2. The maximum absolute atomic E-state index is 12.2. The molecule has 120 valence electrons. The molecule has 4 N–H and O–H groups in total. The van der Waals surface area contributed by atoms with E-state index in [4.69, 9.17) is 5.84 Å². The molecule has 3 unspecified atom stereocenters. The van der Waals surface area contributed by atoms with E-state index in [1.54, 1.807) is 5.01 Å². The third-order valence-electron chi connectivity index (χ3n) is 5.44. The van der Waals surface area contributed by atoms with E-state index in [9.17, 15) is 4.79 Å². The summed E-state index contributed by atoms with van der Waals surface area (Å²) < 4.78 is 0. The Bertz CT molecular complexity index is 364. The number of hydrogen-bond donors (Lipinski definition) is 3. The van der Waals surface area contributed by atoms with Gasteiger partial charge in [-0.2, -0.15) is 0 Å². The van der Waals surface area contributed by atoms with Crippen molar-refractivity contribution in [1.29, 1.82) is 0 Å². The van der Waals surface area contributed by atoms with Crippen LogP contribution in [0, 0.1) is 11.8 Å². The van der Waals surface area contributed by atoms with Crippen LogP contribution in [0.1, 0.15) is 32.1 Å². The summed E-state index contributed by atoms with van der Waals surface area (Å²) in [5, 5.41) is 7.95. The van der Waals surface area contributed by atoms with Crippen LogP contribution in [0.25, 0.3) is 0 Å².